The number of nitrogens with one attached hydrogen (secondary N) is 1. The first-order valence-corrected chi connectivity index (χ1v) is 7.66. The van der Waals surface area contributed by atoms with Gasteiger partial charge in [0.15, 0.2) is 0 Å². The zero-order valence-corrected chi connectivity index (χ0v) is 12.1. The van der Waals surface area contributed by atoms with Crippen molar-refractivity contribution in [2.24, 2.45) is 11.7 Å². The molecule has 3 unspecified atom stereocenters. The Morgan fingerprint density at radius 3 is 3.11 bits per heavy atom. The highest BCUT2D eigenvalue weighted by Gasteiger charge is 2.37. The molecule has 1 fully saturated rings. The van der Waals surface area contributed by atoms with Gasteiger partial charge >= 0.3 is 0 Å². The molecule has 4 nitrogen and oxygen atoms in total. The summed E-state index contributed by atoms with van der Waals surface area (Å²) >= 11 is 1.48. The normalized spacial score (nSPS) is 28.9. The van der Waals surface area contributed by atoms with E-state index in [0.29, 0.717) is 5.92 Å². The molecule has 0 spiro atoms. The molecule has 19 heavy (non-hydrogen) atoms. The van der Waals surface area contributed by atoms with Crippen LogP contribution < -0.4 is 11.1 Å². The lowest BCUT2D eigenvalue weighted by Gasteiger charge is -2.39. The van der Waals surface area contributed by atoms with E-state index in [1.807, 2.05) is 17.5 Å². The van der Waals surface area contributed by atoms with Gasteiger partial charge in [0.2, 0.25) is 5.91 Å². The minimum Gasteiger partial charge on any atom is -0.394 e. The van der Waals surface area contributed by atoms with Crippen LogP contribution in [0.5, 0.6) is 0 Å². The van der Waals surface area contributed by atoms with Crippen LogP contribution in [0.25, 0.3) is 0 Å². The average molecular weight is 282 g/mol. The van der Waals surface area contributed by atoms with E-state index in [4.69, 9.17) is 5.73 Å². The second kappa shape index (κ2) is 6.03. The first kappa shape index (κ1) is 14.5. The molecule has 0 radical (unpaired) electrons. The molecule has 1 aromatic rings. The summed E-state index contributed by atoms with van der Waals surface area (Å²) < 4.78 is 0. The van der Waals surface area contributed by atoms with Crippen molar-refractivity contribution >= 4 is 17.2 Å². The Kier molecular flexibility index (Phi) is 4.60. The average Bonchev–Trinajstić information content (AvgIpc) is 2.91. The Bertz CT molecular complexity index is 421. The van der Waals surface area contributed by atoms with Crippen molar-refractivity contribution in [1.29, 1.82) is 0 Å². The van der Waals surface area contributed by atoms with Crippen molar-refractivity contribution in [3.8, 4) is 0 Å². The predicted octanol–water partition coefficient (Wildman–Crippen LogP) is 1.81. The molecule has 1 aliphatic carbocycles. The molecule has 3 atom stereocenters. The van der Waals surface area contributed by atoms with Crippen molar-refractivity contribution < 1.29 is 9.90 Å². The van der Waals surface area contributed by atoms with Crippen LogP contribution >= 0.6 is 11.3 Å². The molecule has 1 saturated carbocycles. The number of thiophene rings is 1. The highest BCUT2D eigenvalue weighted by atomic mass is 32.1. The van der Waals surface area contributed by atoms with Crippen molar-refractivity contribution in [2.75, 3.05) is 6.61 Å². The van der Waals surface area contributed by atoms with Crippen molar-refractivity contribution in [2.45, 2.75) is 44.2 Å². The number of hydrogen-bond acceptors (Lipinski definition) is 4. The molecule has 2 rings (SSSR count). The summed E-state index contributed by atoms with van der Waals surface area (Å²) in [5, 5.41) is 14.6. The Morgan fingerprint density at radius 1 is 1.74 bits per heavy atom. The lowest BCUT2D eigenvalue weighted by molar-refractivity contribution is -0.125. The third-order valence-corrected chi connectivity index (χ3v) is 4.87. The van der Waals surface area contributed by atoms with E-state index in [1.165, 1.54) is 11.3 Å². The van der Waals surface area contributed by atoms with Gasteiger partial charge in [0, 0.05) is 4.88 Å². The van der Waals surface area contributed by atoms with Crippen LogP contribution in [0.1, 0.15) is 43.5 Å². The van der Waals surface area contributed by atoms with Crippen LogP contribution in [-0.4, -0.2) is 23.2 Å². The first-order valence-electron chi connectivity index (χ1n) is 6.78. The maximum atomic E-state index is 12.2. The van der Waals surface area contributed by atoms with Gasteiger partial charge in [0.1, 0.15) is 6.04 Å². The van der Waals surface area contributed by atoms with Gasteiger partial charge in [-0.1, -0.05) is 25.8 Å². The van der Waals surface area contributed by atoms with Gasteiger partial charge < -0.3 is 16.2 Å². The summed E-state index contributed by atoms with van der Waals surface area (Å²) in [4.78, 5) is 13.1. The molecule has 0 aliphatic heterocycles. The maximum Gasteiger partial charge on any atom is 0.242 e. The Labute approximate surface area is 118 Å². The van der Waals surface area contributed by atoms with Crippen LogP contribution in [0.2, 0.25) is 0 Å². The molecular weight excluding hydrogens is 260 g/mol. The van der Waals surface area contributed by atoms with Crippen LogP contribution in [-0.2, 0) is 4.79 Å². The van der Waals surface area contributed by atoms with Gasteiger partial charge in [0.05, 0.1) is 12.1 Å². The number of aliphatic hydroxyl groups excluding tert-OH is 1. The minimum absolute atomic E-state index is 0.0137. The van der Waals surface area contributed by atoms with Crippen molar-refractivity contribution in [1.82, 2.24) is 5.32 Å². The van der Waals surface area contributed by atoms with Gasteiger partial charge in [-0.3, -0.25) is 4.79 Å². The van der Waals surface area contributed by atoms with Crippen LogP contribution in [0.15, 0.2) is 17.5 Å². The zero-order valence-electron chi connectivity index (χ0n) is 11.3. The second-order valence-electron chi connectivity index (χ2n) is 5.62. The number of carbonyl (C=O) groups excluding carboxylic acids is 1. The van der Waals surface area contributed by atoms with Crippen LogP contribution in [0, 0.1) is 5.92 Å². The highest BCUT2D eigenvalue weighted by Crippen LogP contribution is 2.32. The Balaban J connectivity index is 2.03. The Hall–Kier alpha value is -0.910. The maximum absolute atomic E-state index is 12.2. The molecule has 1 amide bonds. The summed E-state index contributed by atoms with van der Waals surface area (Å²) in [5.41, 5.74) is 5.48. The molecule has 106 valence electrons. The van der Waals surface area contributed by atoms with E-state index in [0.717, 1.165) is 30.6 Å². The van der Waals surface area contributed by atoms with E-state index in [9.17, 15) is 9.90 Å². The van der Waals surface area contributed by atoms with E-state index >= 15 is 0 Å². The lowest BCUT2D eigenvalue weighted by atomic mass is 9.76. The number of rotatable bonds is 4. The minimum atomic E-state index is -0.638. The summed E-state index contributed by atoms with van der Waals surface area (Å²) in [6, 6.07) is 3.11. The molecule has 1 aromatic heterocycles. The van der Waals surface area contributed by atoms with Crippen molar-refractivity contribution in [3.63, 3.8) is 0 Å². The number of hydrogen-bond donors (Lipinski definition) is 3. The van der Waals surface area contributed by atoms with Crippen LogP contribution in [0.4, 0.5) is 0 Å². The molecule has 4 N–H and O–H groups in total. The first-order chi connectivity index (χ1) is 9.06. The predicted molar refractivity (Wildman–Crippen MR) is 76.8 cm³/mol. The van der Waals surface area contributed by atoms with Gasteiger partial charge in [-0.2, -0.15) is 0 Å². The highest BCUT2D eigenvalue weighted by molar-refractivity contribution is 7.10. The van der Waals surface area contributed by atoms with Gasteiger partial charge in [-0.25, -0.2) is 0 Å². The fraction of sp³-hybridized carbons (Fsp3) is 0.643. The summed E-state index contributed by atoms with van der Waals surface area (Å²) in [7, 11) is 0. The number of nitrogens with two attached hydrogens (primary N) is 1. The SMILES string of the molecule is CC1CCCC(CO)(NC(=O)C(N)c2cccs2)C1. The number of carbonyl (C=O) groups is 1. The van der Waals surface area contributed by atoms with Gasteiger partial charge in [-0.15, -0.1) is 11.3 Å². The monoisotopic (exact) mass is 282 g/mol. The molecule has 1 heterocycles. The van der Waals surface area contributed by atoms with Gasteiger partial charge in [-0.05, 0) is 30.2 Å². The quantitative estimate of drug-likeness (QED) is 0.788. The second-order valence-corrected chi connectivity index (χ2v) is 6.60. The zero-order chi connectivity index (χ0) is 13.9. The fourth-order valence-corrected chi connectivity index (χ4v) is 3.62. The Morgan fingerprint density at radius 2 is 2.53 bits per heavy atom. The van der Waals surface area contributed by atoms with E-state index in [1.54, 1.807) is 0 Å². The van der Waals surface area contributed by atoms with Crippen LogP contribution in [0.3, 0.4) is 0 Å². The smallest absolute Gasteiger partial charge is 0.242 e. The topological polar surface area (TPSA) is 75.3 Å². The molecule has 5 heteroatoms. The molecular formula is C14H22N2O2S. The summed E-state index contributed by atoms with van der Waals surface area (Å²) in [6.45, 7) is 2.15. The third kappa shape index (κ3) is 3.35. The molecule has 0 bridgehead atoms. The van der Waals surface area contributed by atoms with E-state index in [-0.39, 0.29) is 12.5 Å². The molecule has 1 aliphatic rings. The summed E-state index contributed by atoms with van der Waals surface area (Å²) in [5.74, 6) is 0.338. The molecule has 0 aromatic carbocycles. The number of aliphatic hydroxyl groups is 1. The summed E-state index contributed by atoms with van der Waals surface area (Å²) in [6.07, 6.45) is 3.86. The van der Waals surface area contributed by atoms with E-state index in [2.05, 4.69) is 12.2 Å². The lowest BCUT2D eigenvalue weighted by Crippen LogP contribution is -2.55. The van der Waals surface area contributed by atoms with E-state index < -0.39 is 11.6 Å². The molecule has 0 saturated heterocycles. The van der Waals surface area contributed by atoms with Crippen molar-refractivity contribution in [3.05, 3.63) is 22.4 Å². The van der Waals surface area contributed by atoms with Gasteiger partial charge in [0.25, 0.3) is 0 Å². The standard InChI is InChI=1S/C14H22N2O2S/c1-10-4-2-6-14(8-10,9-17)16-13(18)12(15)11-5-3-7-19-11/h3,5,7,10,12,17H,2,4,6,8-9,15H2,1H3,(H,16,18). The fourth-order valence-electron chi connectivity index (χ4n) is 2.89. The third-order valence-electron chi connectivity index (χ3n) is 3.91. The number of amides is 1. The largest absolute Gasteiger partial charge is 0.394 e.